The second kappa shape index (κ2) is 8.80. The molecule has 3 heterocycles. The van der Waals surface area contributed by atoms with Gasteiger partial charge in [0, 0.05) is 43.1 Å². The van der Waals surface area contributed by atoms with Crippen molar-refractivity contribution in [1.29, 1.82) is 0 Å². The molecule has 1 aliphatic carbocycles. The molecule has 0 radical (unpaired) electrons. The summed E-state index contributed by atoms with van der Waals surface area (Å²) in [6.45, 7) is 1.59. The molecule has 170 valence electrons. The molecular weight excluding hydrogens is 418 g/mol. The van der Waals surface area contributed by atoms with Crippen LogP contribution in [0.15, 0.2) is 59.5 Å². The molecule has 0 unspecified atom stereocenters. The SMILES string of the molecule is O=C(NCc1ccc2cc(CNCC3(O)CCCC3)[nH]c2c1)c1cc(=O)n2ccccc2n1. The van der Waals surface area contributed by atoms with Crippen LogP contribution in [-0.2, 0) is 13.1 Å². The van der Waals surface area contributed by atoms with E-state index in [0.29, 0.717) is 25.3 Å². The first kappa shape index (κ1) is 21.4. The van der Waals surface area contributed by atoms with E-state index in [1.807, 2.05) is 18.2 Å². The van der Waals surface area contributed by atoms with Crippen LogP contribution in [0.2, 0.25) is 0 Å². The molecule has 0 bridgehead atoms. The van der Waals surface area contributed by atoms with Gasteiger partial charge in [-0.15, -0.1) is 0 Å². The molecule has 5 rings (SSSR count). The minimum atomic E-state index is -0.567. The number of nitrogens with zero attached hydrogens (tertiary/aromatic N) is 2. The molecular formula is C25H27N5O3. The van der Waals surface area contributed by atoms with Crippen LogP contribution in [0.4, 0.5) is 0 Å². The van der Waals surface area contributed by atoms with Gasteiger partial charge in [0.25, 0.3) is 11.5 Å². The first-order valence-electron chi connectivity index (χ1n) is 11.3. The Balaban J connectivity index is 1.22. The lowest BCUT2D eigenvalue weighted by Gasteiger charge is -2.22. The van der Waals surface area contributed by atoms with Gasteiger partial charge in [-0.3, -0.25) is 14.0 Å². The summed E-state index contributed by atoms with van der Waals surface area (Å²) in [5, 5.41) is 17.8. The highest BCUT2D eigenvalue weighted by molar-refractivity contribution is 5.92. The Bertz CT molecular complexity index is 1370. The first-order chi connectivity index (χ1) is 16.0. The summed E-state index contributed by atoms with van der Waals surface area (Å²) < 4.78 is 1.40. The molecule has 33 heavy (non-hydrogen) atoms. The monoisotopic (exact) mass is 445 g/mol. The van der Waals surface area contributed by atoms with Crippen LogP contribution in [0.25, 0.3) is 16.6 Å². The Morgan fingerprint density at radius 2 is 1.97 bits per heavy atom. The molecule has 0 aliphatic heterocycles. The number of pyridine rings is 1. The predicted molar refractivity (Wildman–Crippen MR) is 126 cm³/mol. The Morgan fingerprint density at radius 1 is 1.12 bits per heavy atom. The van der Waals surface area contributed by atoms with E-state index in [2.05, 4.69) is 26.7 Å². The quantitative estimate of drug-likeness (QED) is 0.349. The summed E-state index contributed by atoms with van der Waals surface area (Å²) in [7, 11) is 0. The fourth-order valence-corrected chi connectivity index (χ4v) is 4.52. The third-order valence-electron chi connectivity index (χ3n) is 6.30. The number of amides is 1. The number of hydrogen-bond acceptors (Lipinski definition) is 5. The maximum Gasteiger partial charge on any atom is 0.270 e. The van der Waals surface area contributed by atoms with Crippen LogP contribution in [0.3, 0.4) is 0 Å². The van der Waals surface area contributed by atoms with Gasteiger partial charge >= 0.3 is 0 Å². The second-order valence-electron chi connectivity index (χ2n) is 8.84. The lowest BCUT2D eigenvalue weighted by molar-refractivity contribution is 0.0474. The largest absolute Gasteiger partial charge is 0.389 e. The standard InChI is InChI=1S/C25H27N5O3/c31-23-13-21(29-22-5-1-4-10-30(22)23)24(32)27-14-17-6-7-18-12-19(28-20(18)11-17)15-26-16-25(33)8-2-3-9-25/h1,4-7,10-13,26,28,33H,2-3,8-9,14-16H2,(H,27,32). The van der Waals surface area contributed by atoms with Gasteiger partial charge in [0.05, 0.1) is 5.60 Å². The van der Waals surface area contributed by atoms with Crippen LogP contribution in [-0.4, -0.2) is 37.5 Å². The number of hydrogen-bond donors (Lipinski definition) is 4. The maximum atomic E-state index is 12.6. The van der Waals surface area contributed by atoms with Crippen LogP contribution in [0, 0.1) is 0 Å². The Hall–Kier alpha value is -3.49. The molecule has 0 saturated heterocycles. The number of aromatic amines is 1. The molecule has 4 aromatic rings. The third-order valence-corrected chi connectivity index (χ3v) is 6.30. The molecule has 4 N–H and O–H groups in total. The van der Waals surface area contributed by atoms with Crippen LogP contribution in [0.1, 0.15) is 47.4 Å². The molecule has 1 saturated carbocycles. The van der Waals surface area contributed by atoms with Crippen molar-refractivity contribution in [1.82, 2.24) is 25.0 Å². The van der Waals surface area contributed by atoms with Crippen molar-refractivity contribution in [3.8, 4) is 0 Å². The second-order valence-corrected chi connectivity index (χ2v) is 8.84. The van der Waals surface area contributed by atoms with Crippen LogP contribution < -0.4 is 16.2 Å². The molecule has 1 aromatic carbocycles. The Kier molecular flexibility index (Phi) is 5.70. The summed E-state index contributed by atoms with van der Waals surface area (Å²) in [5.41, 5.74) is 2.65. The Labute approximate surface area is 190 Å². The third kappa shape index (κ3) is 4.67. The van der Waals surface area contributed by atoms with Gasteiger partial charge in [0.1, 0.15) is 11.3 Å². The van der Waals surface area contributed by atoms with Crippen molar-refractivity contribution in [2.75, 3.05) is 6.54 Å². The van der Waals surface area contributed by atoms with E-state index < -0.39 is 5.60 Å². The van der Waals surface area contributed by atoms with Gasteiger partial charge in [0.2, 0.25) is 0 Å². The van der Waals surface area contributed by atoms with Crippen LogP contribution >= 0.6 is 0 Å². The zero-order valence-corrected chi connectivity index (χ0v) is 18.3. The minimum absolute atomic E-state index is 0.101. The molecule has 8 heteroatoms. The summed E-state index contributed by atoms with van der Waals surface area (Å²) in [4.78, 5) is 32.5. The van der Waals surface area contributed by atoms with Gasteiger partial charge < -0.3 is 20.7 Å². The molecule has 1 aliphatic rings. The zero-order valence-electron chi connectivity index (χ0n) is 18.3. The molecule has 1 amide bonds. The maximum absolute atomic E-state index is 12.6. The van der Waals surface area contributed by atoms with E-state index >= 15 is 0 Å². The molecule has 0 atom stereocenters. The van der Waals surface area contributed by atoms with E-state index in [-0.39, 0.29) is 17.2 Å². The van der Waals surface area contributed by atoms with E-state index in [1.165, 1.54) is 10.5 Å². The fourth-order valence-electron chi connectivity index (χ4n) is 4.52. The summed E-state index contributed by atoms with van der Waals surface area (Å²) >= 11 is 0. The Morgan fingerprint density at radius 3 is 2.82 bits per heavy atom. The number of aromatic nitrogens is 3. The van der Waals surface area contributed by atoms with Crippen molar-refractivity contribution in [2.24, 2.45) is 0 Å². The summed E-state index contributed by atoms with van der Waals surface area (Å²) in [6.07, 6.45) is 5.55. The van der Waals surface area contributed by atoms with Gasteiger partial charge in [-0.2, -0.15) is 0 Å². The zero-order chi connectivity index (χ0) is 22.8. The molecule has 0 spiro atoms. The number of rotatable bonds is 7. The van der Waals surface area contributed by atoms with E-state index in [1.54, 1.807) is 24.4 Å². The smallest absolute Gasteiger partial charge is 0.270 e. The topological polar surface area (TPSA) is 112 Å². The summed E-state index contributed by atoms with van der Waals surface area (Å²) in [5.74, 6) is -0.389. The van der Waals surface area contributed by atoms with Gasteiger partial charge in [-0.25, -0.2) is 4.98 Å². The highest BCUT2D eigenvalue weighted by atomic mass is 16.3. The van der Waals surface area contributed by atoms with E-state index in [4.69, 9.17) is 0 Å². The van der Waals surface area contributed by atoms with Crippen molar-refractivity contribution in [3.05, 3.63) is 82.0 Å². The van der Waals surface area contributed by atoms with Crippen molar-refractivity contribution in [3.63, 3.8) is 0 Å². The molecule has 3 aromatic heterocycles. The minimum Gasteiger partial charge on any atom is -0.389 e. The number of benzene rings is 1. The molecule has 1 fully saturated rings. The van der Waals surface area contributed by atoms with Crippen LogP contribution in [0.5, 0.6) is 0 Å². The van der Waals surface area contributed by atoms with Crippen molar-refractivity contribution < 1.29 is 9.90 Å². The number of nitrogens with one attached hydrogen (secondary N) is 3. The van der Waals surface area contributed by atoms with Gasteiger partial charge in [-0.1, -0.05) is 31.0 Å². The lowest BCUT2D eigenvalue weighted by Crippen LogP contribution is -2.37. The highest BCUT2D eigenvalue weighted by Crippen LogP contribution is 2.28. The van der Waals surface area contributed by atoms with Gasteiger partial charge in [-0.05, 0) is 48.1 Å². The number of carbonyl (C=O) groups excluding carboxylic acids is 1. The fraction of sp³-hybridized carbons (Fsp3) is 0.320. The van der Waals surface area contributed by atoms with E-state index in [0.717, 1.165) is 47.8 Å². The first-order valence-corrected chi connectivity index (χ1v) is 11.3. The van der Waals surface area contributed by atoms with Crippen molar-refractivity contribution >= 4 is 22.5 Å². The lowest BCUT2D eigenvalue weighted by atomic mass is 10.0. The number of fused-ring (bicyclic) bond motifs is 2. The summed E-state index contributed by atoms with van der Waals surface area (Å²) in [6, 6.07) is 14.5. The normalized spacial score (nSPS) is 15.3. The predicted octanol–water partition coefficient (Wildman–Crippen LogP) is 2.50. The highest BCUT2D eigenvalue weighted by Gasteiger charge is 2.30. The van der Waals surface area contributed by atoms with Crippen molar-refractivity contribution in [2.45, 2.75) is 44.4 Å². The number of carbonyl (C=O) groups is 1. The average Bonchev–Trinajstić information content (AvgIpc) is 3.43. The van der Waals surface area contributed by atoms with E-state index in [9.17, 15) is 14.7 Å². The number of H-pyrrole nitrogens is 1. The molecule has 8 nitrogen and oxygen atoms in total. The number of aliphatic hydroxyl groups is 1. The average molecular weight is 446 g/mol. The van der Waals surface area contributed by atoms with Gasteiger partial charge in [0.15, 0.2) is 0 Å².